The maximum absolute atomic E-state index is 14.1. The molecule has 106 valence electrons. The summed E-state index contributed by atoms with van der Waals surface area (Å²) in [7, 11) is 0. The zero-order valence-electron chi connectivity index (χ0n) is 11.9. The molecule has 3 rings (SSSR count). The Kier molecular flexibility index (Phi) is 3.93. The predicted molar refractivity (Wildman–Crippen MR) is 84.5 cm³/mol. The first-order valence-electron chi connectivity index (χ1n) is 7.12. The molecule has 0 fully saturated rings. The van der Waals surface area contributed by atoms with Gasteiger partial charge in [-0.25, -0.2) is 4.39 Å². The first-order valence-corrected chi connectivity index (χ1v) is 7.12. The van der Waals surface area contributed by atoms with E-state index in [1.54, 1.807) is 12.3 Å². The zero-order valence-corrected chi connectivity index (χ0v) is 11.9. The van der Waals surface area contributed by atoms with Gasteiger partial charge in [0, 0.05) is 23.7 Å². The molecular formula is C18H17FN2. The minimum absolute atomic E-state index is 0.172. The fourth-order valence-corrected chi connectivity index (χ4v) is 2.38. The van der Waals surface area contributed by atoms with Crippen molar-refractivity contribution in [1.29, 1.82) is 0 Å². The molecule has 3 heteroatoms. The summed E-state index contributed by atoms with van der Waals surface area (Å²) in [5.41, 5.74) is 3.47. The normalized spacial score (nSPS) is 11.0. The highest BCUT2D eigenvalue weighted by molar-refractivity contribution is 5.84. The summed E-state index contributed by atoms with van der Waals surface area (Å²) in [6.07, 6.45) is 1.77. The summed E-state index contributed by atoms with van der Waals surface area (Å²) < 4.78 is 14.1. The standard InChI is InChI=1S/C18H17FN2/c1-2-20-12-16-8-7-14(10-17(16)19)15-6-5-13-4-3-9-21-18(13)11-15/h3-11,20H,2,12H2,1H3. The fourth-order valence-electron chi connectivity index (χ4n) is 2.38. The van der Waals surface area contributed by atoms with Crippen LogP contribution in [0, 0.1) is 5.82 Å². The molecule has 2 nitrogen and oxygen atoms in total. The van der Waals surface area contributed by atoms with E-state index < -0.39 is 0 Å². The molecule has 21 heavy (non-hydrogen) atoms. The average molecular weight is 280 g/mol. The second-order valence-electron chi connectivity index (χ2n) is 5.00. The molecule has 0 aliphatic rings. The third-order valence-corrected chi connectivity index (χ3v) is 3.56. The van der Waals surface area contributed by atoms with Crippen LogP contribution in [0.4, 0.5) is 4.39 Å². The number of hydrogen-bond acceptors (Lipinski definition) is 2. The molecule has 0 saturated carbocycles. The average Bonchev–Trinajstić information content (AvgIpc) is 2.53. The van der Waals surface area contributed by atoms with Crippen molar-refractivity contribution < 1.29 is 4.39 Å². The summed E-state index contributed by atoms with van der Waals surface area (Å²) in [6.45, 7) is 3.40. The summed E-state index contributed by atoms with van der Waals surface area (Å²) >= 11 is 0. The van der Waals surface area contributed by atoms with Crippen LogP contribution in [0.3, 0.4) is 0 Å². The largest absolute Gasteiger partial charge is 0.313 e. The van der Waals surface area contributed by atoms with Crippen molar-refractivity contribution in [3.63, 3.8) is 0 Å². The highest BCUT2D eigenvalue weighted by Gasteiger charge is 2.06. The Morgan fingerprint density at radius 3 is 2.67 bits per heavy atom. The number of benzene rings is 2. The van der Waals surface area contributed by atoms with Crippen molar-refractivity contribution in [2.75, 3.05) is 6.54 Å². The molecule has 1 heterocycles. The first kappa shape index (κ1) is 13.7. The molecule has 0 amide bonds. The number of aromatic nitrogens is 1. The third-order valence-electron chi connectivity index (χ3n) is 3.56. The van der Waals surface area contributed by atoms with Crippen LogP contribution in [0.25, 0.3) is 22.0 Å². The van der Waals surface area contributed by atoms with Gasteiger partial charge >= 0.3 is 0 Å². The van der Waals surface area contributed by atoms with E-state index in [4.69, 9.17) is 0 Å². The number of hydrogen-bond donors (Lipinski definition) is 1. The van der Waals surface area contributed by atoms with E-state index in [-0.39, 0.29) is 5.82 Å². The topological polar surface area (TPSA) is 24.9 Å². The summed E-state index contributed by atoms with van der Waals surface area (Å²) in [6, 6.07) is 15.3. The molecule has 1 aromatic heterocycles. The van der Waals surface area contributed by atoms with Crippen LogP contribution >= 0.6 is 0 Å². The molecular weight excluding hydrogens is 263 g/mol. The second-order valence-corrected chi connectivity index (χ2v) is 5.00. The molecule has 0 spiro atoms. The molecule has 0 saturated heterocycles. The Bertz CT molecular complexity index is 768. The van der Waals surface area contributed by atoms with Crippen LogP contribution in [-0.2, 0) is 6.54 Å². The lowest BCUT2D eigenvalue weighted by Gasteiger charge is -2.08. The van der Waals surface area contributed by atoms with Gasteiger partial charge in [-0.15, -0.1) is 0 Å². The molecule has 3 aromatic rings. The molecule has 1 N–H and O–H groups in total. The van der Waals surface area contributed by atoms with Crippen LogP contribution in [0.15, 0.2) is 54.7 Å². The summed E-state index contributed by atoms with van der Waals surface area (Å²) in [5.74, 6) is -0.172. The number of nitrogens with one attached hydrogen (secondary N) is 1. The Hall–Kier alpha value is -2.26. The lowest BCUT2D eigenvalue weighted by atomic mass is 10.0. The monoisotopic (exact) mass is 280 g/mol. The SMILES string of the molecule is CCNCc1ccc(-c2ccc3cccnc3c2)cc1F. The highest BCUT2D eigenvalue weighted by Crippen LogP contribution is 2.25. The van der Waals surface area contributed by atoms with Crippen LogP contribution in [0.1, 0.15) is 12.5 Å². The van der Waals surface area contributed by atoms with E-state index in [0.29, 0.717) is 12.1 Å². The second kappa shape index (κ2) is 6.02. The van der Waals surface area contributed by atoms with Gasteiger partial charge in [-0.3, -0.25) is 4.98 Å². The highest BCUT2D eigenvalue weighted by atomic mass is 19.1. The number of halogens is 1. The van der Waals surface area contributed by atoms with Crippen LogP contribution in [0.5, 0.6) is 0 Å². The molecule has 2 aromatic carbocycles. The van der Waals surface area contributed by atoms with Gasteiger partial charge in [0.1, 0.15) is 5.82 Å². The van der Waals surface area contributed by atoms with Crippen molar-refractivity contribution in [2.24, 2.45) is 0 Å². The van der Waals surface area contributed by atoms with Crippen LogP contribution in [-0.4, -0.2) is 11.5 Å². The van der Waals surface area contributed by atoms with Crippen molar-refractivity contribution in [1.82, 2.24) is 10.3 Å². The zero-order chi connectivity index (χ0) is 14.7. The van der Waals surface area contributed by atoms with Gasteiger partial charge in [-0.1, -0.05) is 37.3 Å². The molecule has 0 radical (unpaired) electrons. The van der Waals surface area contributed by atoms with E-state index in [0.717, 1.165) is 28.6 Å². The number of pyridine rings is 1. The lowest BCUT2D eigenvalue weighted by Crippen LogP contribution is -2.12. The van der Waals surface area contributed by atoms with Crippen molar-refractivity contribution in [2.45, 2.75) is 13.5 Å². The molecule has 0 aliphatic heterocycles. The number of rotatable bonds is 4. The van der Waals surface area contributed by atoms with Gasteiger partial charge in [0.15, 0.2) is 0 Å². The van der Waals surface area contributed by atoms with Gasteiger partial charge in [0.05, 0.1) is 5.52 Å². The van der Waals surface area contributed by atoms with Crippen LogP contribution in [0.2, 0.25) is 0 Å². The van der Waals surface area contributed by atoms with Gasteiger partial charge in [-0.2, -0.15) is 0 Å². The molecule has 0 aliphatic carbocycles. The van der Waals surface area contributed by atoms with Gasteiger partial charge in [-0.05, 0) is 35.9 Å². The lowest BCUT2D eigenvalue weighted by molar-refractivity contribution is 0.594. The fraction of sp³-hybridized carbons (Fsp3) is 0.167. The molecule has 0 atom stereocenters. The first-order chi connectivity index (χ1) is 10.3. The van der Waals surface area contributed by atoms with Crippen LogP contribution < -0.4 is 5.32 Å². The van der Waals surface area contributed by atoms with E-state index in [2.05, 4.69) is 10.3 Å². The van der Waals surface area contributed by atoms with E-state index in [1.807, 2.05) is 49.4 Å². The Balaban J connectivity index is 1.96. The van der Waals surface area contributed by atoms with Crippen molar-refractivity contribution in [3.05, 3.63) is 66.1 Å². The number of nitrogens with zero attached hydrogens (tertiary/aromatic N) is 1. The molecule has 0 unspecified atom stereocenters. The quantitative estimate of drug-likeness (QED) is 0.776. The van der Waals surface area contributed by atoms with E-state index >= 15 is 0 Å². The smallest absolute Gasteiger partial charge is 0.128 e. The third kappa shape index (κ3) is 2.93. The van der Waals surface area contributed by atoms with E-state index in [9.17, 15) is 4.39 Å². The number of fused-ring (bicyclic) bond motifs is 1. The summed E-state index contributed by atoms with van der Waals surface area (Å²) in [5, 5.41) is 4.23. The Morgan fingerprint density at radius 1 is 1.05 bits per heavy atom. The maximum atomic E-state index is 14.1. The van der Waals surface area contributed by atoms with E-state index in [1.165, 1.54) is 0 Å². The minimum Gasteiger partial charge on any atom is -0.313 e. The van der Waals surface area contributed by atoms with Gasteiger partial charge in [0.2, 0.25) is 0 Å². The Labute approximate surface area is 123 Å². The Morgan fingerprint density at radius 2 is 1.86 bits per heavy atom. The minimum atomic E-state index is -0.172. The van der Waals surface area contributed by atoms with Gasteiger partial charge < -0.3 is 5.32 Å². The maximum Gasteiger partial charge on any atom is 0.128 e. The summed E-state index contributed by atoms with van der Waals surface area (Å²) in [4.78, 5) is 4.34. The predicted octanol–water partition coefficient (Wildman–Crippen LogP) is 4.15. The molecule has 0 bridgehead atoms. The van der Waals surface area contributed by atoms with Crippen molar-refractivity contribution >= 4 is 10.9 Å². The van der Waals surface area contributed by atoms with Crippen molar-refractivity contribution in [3.8, 4) is 11.1 Å². The van der Waals surface area contributed by atoms with Gasteiger partial charge in [0.25, 0.3) is 0 Å².